The molecule has 0 saturated carbocycles. The Morgan fingerprint density at radius 3 is 2.42 bits per heavy atom. The lowest BCUT2D eigenvalue weighted by Crippen LogP contribution is -2.32. The minimum atomic E-state index is 0.00180. The largest absolute Gasteiger partial charge is 0.340 e. The fourth-order valence-corrected chi connectivity index (χ4v) is 3.84. The first kappa shape index (κ1) is 27.0. The first-order chi connectivity index (χ1) is 17.4. The average molecular weight is 500 g/mol. The van der Waals surface area contributed by atoms with Crippen LogP contribution in [0.2, 0.25) is 5.02 Å². The lowest BCUT2D eigenvalue weighted by molar-refractivity contribution is 0.0779. The highest BCUT2D eigenvalue weighted by Gasteiger charge is 2.15. The van der Waals surface area contributed by atoms with Crippen LogP contribution in [0.1, 0.15) is 42.6 Å². The lowest BCUT2D eigenvalue weighted by Gasteiger charge is -2.22. The Hall–Kier alpha value is -3.63. The number of anilines is 2. The summed E-state index contributed by atoms with van der Waals surface area (Å²) in [6.45, 7) is 11.1. The van der Waals surface area contributed by atoms with Crippen LogP contribution in [-0.2, 0) is 0 Å². The van der Waals surface area contributed by atoms with Gasteiger partial charge in [0.15, 0.2) is 0 Å². The summed E-state index contributed by atoms with van der Waals surface area (Å²) < 4.78 is 0. The van der Waals surface area contributed by atoms with Gasteiger partial charge in [-0.05, 0) is 73.9 Å². The van der Waals surface area contributed by atoms with Crippen LogP contribution in [0.5, 0.6) is 0 Å². The summed E-state index contributed by atoms with van der Waals surface area (Å²) >= 11 is 6.02. The number of aryl methyl sites for hydroxylation is 1. The highest BCUT2D eigenvalue weighted by Crippen LogP contribution is 2.25. The summed E-state index contributed by atoms with van der Waals surface area (Å²) in [5.74, 6) is 0.775. The van der Waals surface area contributed by atoms with E-state index in [2.05, 4.69) is 31.0 Å². The SMILES string of the molecule is C=C/C=C(\C=C/CCC)CN(CC)C(=O)c1ccc(Nc2nc(-c3ccc(Cl)cc3)ccc2C)cc1. The fourth-order valence-electron chi connectivity index (χ4n) is 3.71. The predicted octanol–water partition coefficient (Wildman–Crippen LogP) is 8.38. The van der Waals surface area contributed by atoms with Crippen LogP contribution < -0.4 is 5.32 Å². The standard InChI is InChI=1S/C31H34ClN3O/c1-5-8-9-11-24(10-6-2)22-35(7-3)31(36)26-15-19-28(20-16-26)33-30-23(4)12-21-29(34-30)25-13-17-27(32)18-14-25/h6,9-21H,2,5,7-8,22H2,1,3-4H3,(H,33,34)/b11-9-,24-10+. The smallest absolute Gasteiger partial charge is 0.254 e. The molecular formula is C31H34ClN3O. The van der Waals surface area contributed by atoms with Crippen LogP contribution in [0, 0.1) is 6.92 Å². The Morgan fingerprint density at radius 1 is 1.06 bits per heavy atom. The molecule has 0 spiro atoms. The van der Waals surface area contributed by atoms with Crippen LogP contribution in [-0.4, -0.2) is 28.9 Å². The van der Waals surface area contributed by atoms with E-state index < -0.39 is 0 Å². The number of rotatable bonds is 11. The van der Waals surface area contributed by atoms with Gasteiger partial charge in [0.25, 0.3) is 5.91 Å². The van der Waals surface area contributed by atoms with Crippen molar-refractivity contribution >= 4 is 29.0 Å². The molecule has 3 rings (SSSR count). The van der Waals surface area contributed by atoms with Crippen molar-refractivity contribution in [1.29, 1.82) is 0 Å². The van der Waals surface area contributed by atoms with E-state index in [1.165, 1.54) is 0 Å². The van der Waals surface area contributed by atoms with Gasteiger partial charge < -0.3 is 10.2 Å². The van der Waals surface area contributed by atoms with Gasteiger partial charge in [0.05, 0.1) is 5.69 Å². The molecule has 1 N–H and O–H groups in total. The third-order valence-electron chi connectivity index (χ3n) is 5.79. The van der Waals surface area contributed by atoms with Gasteiger partial charge in [-0.25, -0.2) is 4.98 Å². The van der Waals surface area contributed by atoms with Gasteiger partial charge in [-0.2, -0.15) is 0 Å². The number of benzene rings is 2. The molecule has 2 aromatic carbocycles. The molecule has 0 fully saturated rings. The van der Waals surface area contributed by atoms with E-state index in [4.69, 9.17) is 16.6 Å². The molecule has 0 aliphatic carbocycles. The Labute approximate surface area is 220 Å². The zero-order valence-corrected chi connectivity index (χ0v) is 22.1. The van der Waals surface area contributed by atoms with Crippen LogP contribution >= 0.6 is 11.6 Å². The molecule has 4 nitrogen and oxygen atoms in total. The Kier molecular flexibility index (Phi) is 10.1. The number of pyridine rings is 1. The van der Waals surface area contributed by atoms with Crippen LogP contribution in [0.25, 0.3) is 11.3 Å². The van der Waals surface area contributed by atoms with E-state index in [1.54, 1.807) is 6.08 Å². The van der Waals surface area contributed by atoms with Crippen molar-refractivity contribution in [2.45, 2.75) is 33.6 Å². The third kappa shape index (κ3) is 7.43. The molecule has 36 heavy (non-hydrogen) atoms. The third-order valence-corrected chi connectivity index (χ3v) is 6.05. The molecule has 186 valence electrons. The van der Waals surface area contributed by atoms with Crippen LogP contribution in [0.15, 0.2) is 97.1 Å². The number of hydrogen-bond acceptors (Lipinski definition) is 3. The number of carbonyl (C=O) groups excluding carboxylic acids is 1. The molecule has 1 heterocycles. The van der Waals surface area contributed by atoms with E-state index >= 15 is 0 Å². The molecule has 5 heteroatoms. The molecule has 0 atom stereocenters. The summed E-state index contributed by atoms with van der Waals surface area (Å²) in [5.41, 5.74) is 5.47. The number of amides is 1. The van der Waals surface area contributed by atoms with Gasteiger partial charge in [0.2, 0.25) is 0 Å². The van der Waals surface area contributed by atoms with E-state index in [0.717, 1.165) is 46.7 Å². The number of likely N-dealkylation sites (N-methyl/N-ethyl adjacent to an activating group) is 1. The first-order valence-electron chi connectivity index (χ1n) is 12.3. The lowest BCUT2D eigenvalue weighted by atomic mass is 10.1. The Morgan fingerprint density at radius 2 is 1.78 bits per heavy atom. The van der Waals surface area contributed by atoms with Gasteiger partial charge in [-0.1, -0.05) is 74.0 Å². The van der Waals surface area contributed by atoms with E-state index in [0.29, 0.717) is 23.7 Å². The maximum Gasteiger partial charge on any atom is 0.254 e. The molecule has 0 bridgehead atoms. The van der Waals surface area contributed by atoms with Gasteiger partial charge in [0, 0.05) is 34.9 Å². The van der Waals surface area contributed by atoms with Crippen molar-refractivity contribution in [1.82, 2.24) is 9.88 Å². The van der Waals surface area contributed by atoms with Crippen LogP contribution in [0.4, 0.5) is 11.5 Å². The quantitative estimate of drug-likeness (QED) is 0.269. The number of nitrogens with zero attached hydrogens (tertiary/aromatic N) is 2. The molecule has 0 unspecified atom stereocenters. The molecule has 1 aromatic heterocycles. The van der Waals surface area contributed by atoms with Gasteiger partial charge >= 0.3 is 0 Å². The van der Waals surface area contributed by atoms with Gasteiger partial charge in [-0.15, -0.1) is 0 Å². The monoisotopic (exact) mass is 499 g/mol. The highest BCUT2D eigenvalue weighted by molar-refractivity contribution is 6.30. The summed E-state index contributed by atoms with van der Waals surface area (Å²) in [6, 6.07) is 19.2. The molecular weight excluding hydrogens is 466 g/mol. The molecule has 3 aromatic rings. The van der Waals surface area contributed by atoms with Gasteiger partial charge in [-0.3, -0.25) is 4.79 Å². The number of hydrogen-bond donors (Lipinski definition) is 1. The number of aromatic nitrogens is 1. The zero-order chi connectivity index (χ0) is 25.9. The summed E-state index contributed by atoms with van der Waals surface area (Å²) in [7, 11) is 0. The first-order valence-corrected chi connectivity index (χ1v) is 12.7. The maximum absolute atomic E-state index is 13.2. The molecule has 0 saturated heterocycles. The second kappa shape index (κ2) is 13.5. The van der Waals surface area contributed by atoms with E-state index in [-0.39, 0.29) is 5.91 Å². The Bertz CT molecular complexity index is 1230. The minimum absolute atomic E-state index is 0.00180. The minimum Gasteiger partial charge on any atom is -0.340 e. The molecule has 1 amide bonds. The molecule has 0 aliphatic rings. The van der Waals surface area contributed by atoms with Crippen LogP contribution in [0.3, 0.4) is 0 Å². The molecule has 0 radical (unpaired) electrons. The topological polar surface area (TPSA) is 45.2 Å². The van der Waals surface area contributed by atoms with Crippen molar-refractivity contribution in [3.8, 4) is 11.3 Å². The maximum atomic E-state index is 13.2. The number of halogens is 1. The van der Waals surface area contributed by atoms with Crippen molar-refractivity contribution in [3.05, 3.63) is 113 Å². The van der Waals surface area contributed by atoms with Crippen molar-refractivity contribution in [3.63, 3.8) is 0 Å². The normalized spacial score (nSPS) is 11.5. The van der Waals surface area contributed by atoms with Crippen molar-refractivity contribution in [2.75, 3.05) is 18.4 Å². The summed E-state index contributed by atoms with van der Waals surface area (Å²) in [5, 5.41) is 4.09. The summed E-state index contributed by atoms with van der Waals surface area (Å²) in [4.78, 5) is 19.8. The zero-order valence-electron chi connectivity index (χ0n) is 21.3. The number of carbonyl (C=O) groups is 1. The number of nitrogens with one attached hydrogen (secondary N) is 1. The van der Waals surface area contributed by atoms with Crippen molar-refractivity contribution < 1.29 is 4.79 Å². The van der Waals surface area contributed by atoms with Gasteiger partial charge in [0.1, 0.15) is 5.82 Å². The highest BCUT2D eigenvalue weighted by atomic mass is 35.5. The number of allylic oxidation sites excluding steroid dienone is 3. The second-order valence-corrected chi connectivity index (χ2v) is 9.00. The van der Waals surface area contributed by atoms with Crippen molar-refractivity contribution in [2.24, 2.45) is 0 Å². The number of unbranched alkanes of at least 4 members (excludes halogenated alkanes) is 1. The predicted molar refractivity (Wildman–Crippen MR) is 153 cm³/mol. The molecule has 0 aliphatic heterocycles. The van der Waals surface area contributed by atoms with E-state index in [1.807, 2.05) is 85.5 Å². The summed E-state index contributed by atoms with van der Waals surface area (Å²) in [6.07, 6.45) is 10.1. The van der Waals surface area contributed by atoms with E-state index in [9.17, 15) is 4.79 Å². The average Bonchev–Trinajstić information content (AvgIpc) is 2.89. The Balaban J connectivity index is 1.73. The fraction of sp³-hybridized carbons (Fsp3) is 0.226. The second-order valence-electron chi connectivity index (χ2n) is 8.56.